The molecule has 4 nitrogen and oxygen atoms in total. The maximum Gasteiger partial charge on any atom is 0.126 e. The monoisotopic (exact) mass is 317 g/mol. The Hall–Kier alpha value is -1.26. The van der Waals surface area contributed by atoms with E-state index < -0.39 is 0 Å². The molecule has 2 fully saturated rings. The number of likely N-dealkylation sites (tertiary alicyclic amines) is 1. The lowest BCUT2D eigenvalue weighted by Gasteiger charge is -2.31. The molecule has 2 heterocycles. The Morgan fingerprint density at radius 3 is 2.39 bits per heavy atom. The topological polar surface area (TPSA) is 41.7 Å². The van der Waals surface area contributed by atoms with E-state index in [-0.39, 0.29) is 0 Å². The van der Waals surface area contributed by atoms with Gasteiger partial charge >= 0.3 is 0 Å². The first-order chi connectivity index (χ1) is 11.3. The van der Waals surface area contributed by atoms with Gasteiger partial charge in [-0.1, -0.05) is 18.9 Å². The third kappa shape index (κ3) is 4.18. The van der Waals surface area contributed by atoms with Crippen LogP contribution in [0.15, 0.2) is 18.2 Å². The highest BCUT2D eigenvalue weighted by Gasteiger charge is 2.21. The molecule has 2 aliphatic rings. The molecule has 0 aromatic heterocycles. The number of nitrogens with two attached hydrogens (primary N) is 1. The molecule has 0 radical (unpaired) electrons. The van der Waals surface area contributed by atoms with Crippen molar-refractivity contribution in [1.82, 2.24) is 4.90 Å². The number of anilines is 1. The molecule has 23 heavy (non-hydrogen) atoms. The summed E-state index contributed by atoms with van der Waals surface area (Å²) in [6.45, 7) is 5.08. The fourth-order valence-electron chi connectivity index (χ4n) is 3.76. The summed E-state index contributed by atoms with van der Waals surface area (Å²) in [5, 5.41) is 0. The van der Waals surface area contributed by atoms with Crippen molar-refractivity contribution in [3.8, 4) is 5.75 Å². The molecule has 4 heteroatoms. The van der Waals surface area contributed by atoms with Crippen LogP contribution in [0.1, 0.15) is 44.1 Å². The highest BCUT2D eigenvalue weighted by Crippen LogP contribution is 2.32. The van der Waals surface area contributed by atoms with Crippen molar-refractivity contribution in [3.63, 3.8) is 0 Å². The normalized spacial score (nSPS) is 21.2. The Labute approximate surface area is 140 Å². The average Bonchev–Trinajstić information content (AvgIpc) is 2.86. The number of ether oxygens (including phenoxy) is 1. The Balaban J connectivity index is 1.76. The van der Waals surface area contributed by atoms with E-state index in [2.05, 4.69) is 35.0 Å². The minimum absolute atomic E-state index is 0.330. The highest BCUT2D eigenvalue weighted by molar-refractivity contribution is 5.59. The quantitative estimate of drug-likeness (QED) is 0.927. The Bertz CT molecular complexity index is 489. The van der Waals surface area contributed by atoms with Crippen LogP contribution in [0.25, 0.3) is 0 Å². The van der Waals surface area contributed by atoms with Crippen LogP contribution in [0.3, 0.4) is 0 Å². The van der Waals surface area contributed by atoms with Gasteiger partial charge in [0, 0.05) is 44.0 Å². The summed E-state index contributed by atoms with van der Waals surface area (Å²) in [4.78, 5) is 4.88. The summed E-state index contributed by atoms with van der Waals surface area (Å²) in [7, 11) is 2.18. The first-order valence-corrected chi connectivity index (χ1v) is 9.20. The smallest absolute Gasteiger partial charge is 0.126 e. The van der Waals surface area contributed by atoms with Gasteiger partial charge < -0.3 is 20.3 Å². The molecule has 2 N–H and O–H groups in total. The second kappa shape index (κ2) is 8.02. The predicted molar refractivity (Wildman–Crippen MR) is 96.2 cm³/mol. The molecular weight excluding hydrogens is 286 g/mol. The molecule has 0 atom stereocenters. The number of hydrogen-bond donors (Lipinski definition) is 1. The number of piperidine rings is 1. The van der Waals surface area contributed by atoms with Gasteiger partial charge in [-0.15, -0.1) is 0 Å². The van der Waals surface area contributed by atoms with Crippen LogP contribution in [0.4, 0.5) is 5.69 Å². The summed E-state index contributed by atoms with van der Waals surface area (Å²) in [6, 6.07) is 6.44. The van der Waals surface area contributed by atoms with Crippen molar-refractivity contribution >= 4 is 5.69 Å². The molecule has 2 aliphatic heterocycles. The van der Waals surface area contributed by atoms with Crippen molar-refractivity contribution in [1.29, 1.82) is 0 Å². The molecule has 0 bridgehead atoms. The summed E-state index contributed by atoms with van der Waals surface area (Å²) in [5.41, 5.74) is 8.59. The number of nitrogens with zero attached hydrogens (tertiary/aromatic N) is 2. The van der Waals surface area contributed by atoms with E-state index in [4.69, 9.17) is 10.5 Å². The summed E-state index contributed by atoms with van der Waals surface area (Å²) >= 11 is 0. The van der Waals surface area contributed by atoms with E-state index in [1.807, 2.05) is 0 Å². The third-order valence-corrected chi connectivity index (χ3v) is 5.22. The Kier molecular flexibility index (Phi) is 5.79. The molecule has 128 valence electrons. The van der Waals surface area contributed by atoms with Crippen LogP contribution in [0, 0.1) is 0 Å². The van der Waals surface area contributed by atoms with Gasteiger partial charge in [0.15, 0.2) is 0 Å². The maximum atomic E-state index is 6.36. The molecule has 0 aliphatic carbocycles. The van der Waals surface area contributed by atoms with E-state index in [1.54, 1.807) is 0 Å². The van der Waals surface area contributed by atoms with Gasteiger partial charge in [0.2, 0.25) is 0 Å². The minimum Gasteiger partial charge on any atom is -0.490 e. The second-order valence-corrected chi connectivity index (χ2v) is 6.98. The van der Waals surface area contributed by atoms with Crippen molar-refractivity contribution < 1.29 is 4.74 Å². The largest absolute Gasteiger partial charge is 0.490 e. The lowest BCUT2D eigenvalue weighted by molar-refractivity contribution is 0.113. The van der Waals surface area contributed by atoms with E-state index in [1.165, 1.54) is 36.9 Å². The van der Waals surface area contributed by atoms with E-state index in [9.17, 15) is 0 Å². The van der Waals surface area contributed by atoms with E-state index >= 15 is 0 Å². The van der Waals surface area contributed by atoms with Gasteiger partial charge in [0.1, 0.15) is 11.9 Å². The van der Waals surface area contributed by atoms with Gasteiger partial charge in [-0.2, -0.15) is 0 Å². The van der Waals surface area contributed by atoms with Gasteiger partial charge in [0.05, 0.1) is 0 Å². The van der Waals surface area contributed by atoms with Gasteiger partial charge in [-0.25, -0.2) is 0 Å². The van der Waals surface area contributed by atoms with E-state index in [0.717, 1.165) is 44.8 Å². The van der Waals surface area contributed by atoms with Gasteiger partial charge in [-0.3, -0.25) is 0 Å². The van der Waals surface area contributed by atoms with Crippen molar-refractivity contribution in [2.45, 2.75) is 51.2 Å². The lowest BCUT2D eigenvalue weighted by Crippen LogP contribution is -2.36. The number of rotatable bonds is 4. The maximum absolute atomic E-state index is 6.36. The standard InChI is InChI=1S/C19H31N3O/c1-21-13-9-16(10-14-21)23-19-8-6-7-18(17(19)15-20)22-11-4-2-3-5-12-22/h6-8,16H,2-5,9-15,20H2,1H3. The zero-order valence-electron chi connectivity index (χ0n) is 14.5. The van der Waals surface area contributed by atoms with Gasteiger partial charge in [-0.05, 0) is 44.9 Å². The molecular formula is C19H31N3O. The molecule has 1 aromatic carbocycles. The van der Waals surface area contributed by atoms with Crippen LogP contribution in [-0.4, -0.2) is 44.2 Å². The highest BCUT2D eigenvalue weighted by atomic mass is 16.5. The molecule has 3 rings (SSSR count). The molecule has 0 saturated carbocycles. The zero-order valence-corrected chi connectivity index (χ0v) is 14.5. The van der Waals surface area contributed by atoms with Gasteiger partial charge in [0.25, 0.3) is 0 Å². The second-order valence-electron chi connectivity index (χ2n) is 6.98. The average molecular weight is 317 g/mol. The van der Waals surface area contributed by atoms with Crippen LogP contribution < -0.4 is 15.4 Å². The van der Waals surface area contributed by atoms with Crippen LogP contribution in [0.5, 0.6) is 5.75 Å². The third-order valence-electron chi connectivity index (χ3n) is 5.22. The Morgan fingerprint density at radius 2 is 1.74 bits per heavy atom. The lowest BCUT2D eigenvalue weighted by atomic mass is 10.1. The molecule has 1 aromatic rings. The summed E-state index contributed by atoms with van der Waals surface area (Å²) in [5.74, 6) is 1.00. The fraction of sp³-hybridized carbons (Fsp3) is 0.684. The van der Waals surface area contributed by atoms with E-state index in [0.29, 0.717) is 12.6 Å². The first kappa shape index (κ1) is 16.6. The summed E-state index contributed by atoms with van der Waals surface area (Å²) in [6.07, 6.45) is 7.80. The molecule has 0 amide bonds. The fourth-order valence-corrected chi connectivity index (χ4v) is 3.76. The first-order valence-electron chi connectivity index (χ1n) is 9.20. The van der Waals surface area contributed by atoms with Crippen molar-refractivity contribution in [2.75, 3.05) is 38.1 Å². The molecule has 0 spiro atoms. The number of hydrogen-bond acceptors (Lipinski definition) is 4. The number of benzene rings is 1. The van der Waals surface area contributed by atoms with Crippen molar-refractivity contribution in [2.24, 2.45) is 5.73 Å². The minimum atomic E-state index is 0.330. The SMILES string of the molecule is CN1CCC(Oc2cccc(N3CCCCCC3)c2CN)CC1. The Morgan fingerprint density at radius 1 is 1.04 bits per heavy atom. The zero-order chi connectivity index (χ0) is 16.1. The van der Waals surface area contributed by atoms with Crippen LogP contribution in [0.2, 0.25) is 0 Å². The molecule has 0 unspecified atom stereocenters. The van der Waals surface area contributed by atoms with Crippen molar-refractivity contribution in [3.05, 3.63) is 23.8 Å². The summed E-state index contributed by atoms with van der Waals surface area (Å²) < 4.78 is 6.36. The predicted octanol–water partition coefficient (Wildman–Crippen LogP) is 3.00. The van der Waals surface area contributed by atoms with Crippen LogP contribution in [-0.2, 0) is 6.54 Å². The van der Waals surface area contributed by atoms with Crippen LogP contribution >= 0.6 is 0 Å². The molecule has 2 saturated heterocycles.